The highest BCUT2D eigenvalue weighted by Crippen LogP contribution is 2.33. The minimum absolute atomic E-state index is 0.0222. The number of aryl methyl sites for hydroxylation is 1. The summed E-state index contributed by atoms with van der Waals surface area (Å²) in [5.41, 5.74) is 7.92. The van der Waals surface area contributed by atoms with Crippen LogP contribution in [0.15, 0.2) is 43.5 Å². The predicted octanol–water partition coefficient (Wildman–Crippen LogP) is 3.92. The highest BCUT2D eigenvalue weighted by molar-refractivity contribution is 9.10. The van der Waals surface area contributed by atoms with Crippen molar-refractivity contribution in [3.63, 3.8) is 0 Å². The van der Waals surface area contributed by atoms with Crippen molar-refractivity contribution < 1.29 is 4.42 Å². The molecule has 1 atom stereocenters. The molecule has 1 aromatic carbocycles. The topological polar surface area (TPSA) is 52.0 Å². The van der Waals surface area contributed by atoms with Crippen molar-refractivity contribution in [3.8, 4) is 0 Å². The van der Waals surface area contributed by atoms with Gasteiger partial charge >= 0.3 is 0 Å². The largest absolute Gasteiger partial charge is 0.439 e. The zero-order chi connectivity index (χ0) is 12.4. The first-order valence-corrected chi connectivity index (χ1v) is 6.82. The fraction of sp³-hybridized carbons (Fsp3) is 0.250. The summed E-state index contributed by atoms with van der Waals surface area (Å²) in [5, 5.41) is 0.645. The van der Waals surface area contributed by atoms with Gasteiger partial charge in [-0.15, -0.1) is 0 Å². The van der Waals surface area contributed by atoms with E-state index in [1.165, 1.54) is 11.8 Å². The molecule has 0 amide bonds. The Hall–Kier alpha value is -0.780. The number of hydrogen-bond donors (Lipinski definition) is 1. The van der Waals surface area contributed by atoms with Crippen molar-refractivity contribution in [1.82, 2.24) is 4.98 Å². The van der Waals surface area contributed by atoms with Crippen LogP contribution < -0.4 is 5.73 Å². The summed E-state index contributed by atoms with van der Waals surface area (Å²) in [6.07, 6.45) is 1.65. The number of halogens is 1. The SMILES string of the molecule is Cc1coc(Sc2ccc(Br)cc2C(C)N)n1. The van der Waals surface area contributed by atoms with Gasteiger partial charge in [-0.25, -0.2) is 4.98 Å². The number of benzene rings is 1. The second-order valence-electron chi connectivity index (χ2n) is 3.83. The Labute approximate surface area is 113 Å². The van der Waals surface area contributed by atoms with E-state index in [1.54, 1.807) is 6.26 Å². The lowest BCUT2D eigenvalue weighted by atomic mass is 10.1. The number of hydrogen-bond acceptors (Lipinski definition) is 4. The molecule has 0 bridgehead atoms. The van der Waals surface area contributed by atoms with Gasteiger partial charge in [0.25, 0.3) is 5.22 Å². The fourth-order valence-corrected chi connectivity index (χ4v) is 2.79. The van der Waals surface area contributed by atoms with Gasteiger partial charge in [-0.2, -0.15) is 0 Å². The van der Waals surface area contributed by atoms with Crippen LogP contribution in [-0.4, -0.2) is 4.98 Å². The fourth-order valence-electron chi connectivity index (χ4n) is 1.44. The minimum atomic E-state index is -0.0222. The zero-order valence-electron chi connectivity index (χ0n) is 9.61. The summed E-state index contributed by atoms with van der Waals surface area (Å²) in [6, 6.07) is 6.02. The quantitative estimate of drug-likeness (QED) is 0.933. The van der Waals surface area contributed by atoms with Gasteiger partial charge in [0.15, 0.2) is 0 Å². The molecule has 2 aromatic rings. The van der Waals surface area contributed by atoms with E-state index in [4.69, 9.17) is 10.2 Å². The van der Waals surface area contributed by atoms with Crippen molar-refractivity contribution in [2.75, 3.05) is 0 Å². The standard InChI is InChI=1S/C12H13BrN2OS/c1-7-6-16-12(15-7)17-11-4-3-9(13)5-10(11)8(2)14/h3-6,8H,14H2,1-2H3. The molecule has 5 heteroatoms. The number of nitrogens with two attached hydrogens (primary N) is 1. The number of nitrogens with zero attached hydrogens (tertiary/aromatic N) is 1. The molecule has 17 heavy (non-hydrogen) atoms. The lowest BCUT2D eigenvalue weighted by molar-refractivity contribution is 0.454. The minimum Gasteiger partial charge on any atom is -0.439 e. The maximum atomic E-state index is 5.96. The molecule has 1 heterocycles. The van der Waals surface area contributed by atoms with Gasteiger partial charge in [0, 0.05) is 15.4 Å². The lowest BCUT2D eigenvalue weighted by Crippen LogP contribution is -2.06. The van der Waals surface area contributed by atoms with Gasteiger partial charge in [-0.3, -0.25) is 0 Å². The molecule has 0 radical (unpaired) electrons. The second kappa shape index (κ2) is 5.25. The molecule has 0 spiro atoms. The van der Waals surface area contributed by atoms with Crippen LogP contribution in [-0.2, 0) is 0 Å². The third-order valence-electron chi connectivity index (χ3n) is 2.26. The van der Waals surface area contributed by atoms with Crippen LogP contribution in [0, 0.1) is 6.92 Å². The van der Waals surface area contributed by atoms with E-state index in [0.29, 0.717) is 5.22 Å². The number of rotatable bonds is 3. The van der Waals surface area contributed by atoms with E-state index in [2.05, 4.69) is 20.9 Å². The highest BCUT2D eigenvalue weighted by atomic mass is 79.9. The van der Waals surface area contributed by atoms with E-state index in [0.717, 1.165) is 20.6 Å². The van der Waals surface area contributed by atoms with Gasteiger partial charge in [0.2, 0.25) is 0 Å². The van der Waals surface area contributed by atoms with Crippen LogP contribution in [0.5, 0.6) is 0 Å². The molecule has 1 aromatic heterocycles. The lowest BCUT2D eigenvalue weighted by Gasteiger charge is -2.11. The Morgan fingerprint density at radius 2 is 2.24 bits per heavy atom. The molecule has 2 N–H and O–H groups in total. The molecule has 90 valence electrons. The summed E-state index contributed by atoms with van der Waals surface area (Å²) in [4.78, 5) is 5.35. The first-order chi connectivity index (χ1) is 8.06. The smallest absolute Gasteiger partial charge is 0.260 e. The molecule has 0 saturated heterocycles. The van der Waals surface area contributed by atoms with E-state index in [-0.39, 0.29) is 6.04 Å². The molecule has 0 aliphatic carbocycles. The van der Waals surface area contributed by atoms with Crippen LogP contribution in [0.2, 0.25) is 0 Å². The number of aromatic nitrogens is 1. The molecular formula is C12H13BrN2OS. The molecule has 0 aliphatic rings. The molecule has 0 saturated carbocycles. The molecule has 3 nitrogen and oxygen atoms in total. The molecule has 2 rings (SSSR count). The Balaban J connectivity index is 2.32. The van der Waals surface area contributed by atoms with E-state index in [1.807, 2.05) is 32.0 Å². The maximum Gasteiger partial charge on any atom is 0.260 e. The third-order valence-corrected chi connectivity index (χ3v) is 3.70. The van der Waals surface area contributed by atoms with E-state index < -0.39 is 0 Å². The first-order valence-electron chi connectivity index (χ1n) is 5.21. The van der Waals surface area contributed by atoms with Crippen molar-refractivity contribution >= 4 is 27.7 Å². The average molecular weight is 313 g/mol. The van der Waals surface area contributed by atoms with Crippen molar-refractivity contribution in [1.29, 1.82) is 0 Å². The molecular weight excluding hydrogens is 300 g/mol. The molecule has 0 fully saturated rings. The van der Waals surface area contributed by atoms with Gasteiger partial charge < -0.3 is 10.2 Å². The third kappa shape index (κ3) is 3.12. The summed E-state index contributed by atoms with van der Waals surface area (Å²) < 4.78 is 6.36. The Morgan fingerprint density at radius 3 is 2.82 bits per heavy atom. The highest BCUT2D eigenvalue weighted by Gasteiger charge is 2.11. The van der Waals surface area contributed by atoms with Crippen LogP contribution >= 0.6 is 27.7 Å². The van der Waals surface area contributed by atoms with Crippen molar-refractivity contribution in [3.05, 3.63) is 40.2 Å². The molecule has 1 unspecified atom stereocenters. The van der Waals surface area contributed by atoms with Crippen molar-refractivity contribution in [2.24, 2.45) is 5.73 Å². The average Bonchev–Trinajstić information content (AvgIpc) is 2.66. The van der Waals surface area contributed by atoms with Gasteiger partial charge in [0.05, 0.1) is 5.69 Å². The molecule has 0 aliphatic heterocycles. The van der Waals surface area contributed by atoms with E-state index >= 15 is 0 Å². The normalized spacial score (nSPS) is 12.7. The van der Waals surface area contributed by atoms with Crippen LogP contribution in [0.1, 0.15) is 24.2 Å². The predicted molar refractivity (Wildman–Crippen MR) is 72.1 cm³/mol. The Morgan fingerprint density at radius 1 is 1.47 bits per heavy atom. The van der Waals surface area contributed by atoms with Gasteiger partial charge in [-0.05, 0) is 49.4 Å². The zero-order valence-corrected chi connectivity index (χ0v) is 12.0. The summed E-state index contributed by atoms with van der Waals surface area (Å²) in [6.45, 7) is 3.87. The number of oxazole rings is 1. The second-order valence-corrected chi connectivity index (χ2v) is 5.74. The van der Waals surface area contributed by atoms with Crippen LogP contribution in [0.4, 0.5) is 0 Å². The van der Waals surface area contributed by atoms with Gasteiger partial charge in [0.1, 0.15) is 6.26 Å². The van der Waals surface area contributed by atoms with Crippen molar-refractivity contribution in [2.45, 2.75) is 30.0 Å². The Kier molecular flexibility index (Phi) is 3.91. The van der Waals surface area contributed by atoms with Crippen LogP contribution in [0.25, 0.3) is 0 Å². The summed E-state index contributed by atoms with van der Waals surface area (Å²) in [5.74, 6) is 0. The first kappa shape index (κ1) is 12.7. The monoisotopic (exact) mass is 312 g/mol. The van der Waals surface area contributed by atoms with Crippen LogP contribution in [0.3, 0.4) is 0 Å². The summed E-state index contributed by atoms with van der Waals surface area (Å²) in [7, 11) is 0. The van der Waals surface area contributed by atoms with Gasteiger partial charge in [-0.1, -0.05) is 15.9 Å². The summed E-state index contributed by atoms with van der Waals surface area (Å²) >= 11 is 4.94. The van der Waals surface area contributed by atoms with E-state index in [9.17, 15) is 0 Å². The maximum absolute atomic E-state index is 5.96. The Bertz CT molecular complexity index is 525.